The molecule has 1 saturated heterocycles. The van der Waals surface area contributed by atoms with Crippen LogP contribution < -0.4 is 5.32 Å². The van der Waals surface area contributed by atoms with E-state index in [2.05, 4.69) is 20.2 Å². The number of nitrogens with zero attached hydrogens (tertiary/aromatic N) is 3. The Labute approximate surface area is 141 Å². The molecule has 2 aromatic rings. The van der Waals surface area contributed by atoms with Gasteiger partial charge in [-0.3, -0.25) is 5.32 Å². The number of anilines is 1. The van der Waals surface area contributed by atoms with E-state index in [0.717, 1.165) is 18.4 Å². The molecule has 1 fully saturated rings. The number of esters is 1. The standard InChI is InChI=1S/C16H15FN4O4/c1-24-15(22)12-7-13(20-25-12)19-16(23)21-8-2-3-11(21)9-4-5-18-14(17)10(9)6-8/h4-5,7-8,11H,2-3,6H2,1H3,(H,19,20,23)/t8-,11+/m0/s1. The van der Waals surface area contributed by atoms with Crippen molar-refractivity contribution < 1.29 is 23.2 Å². The Morgan fingerprint density at radius 1 is 1.44 bits per heavy atom. The summed E-state index contributed by atoms with van der Waals surface area (Å²) in [5.74, 6) is -1.12. The van der Waals surface area contributed by atoms with Gasteiger partial charge in [-0.2, -0.15) is 4.39 Å². The van der Waals surface area contributed by atoms with E-state index in [0.29, 0.717) is 12.0 Å². The van der Waals surface area contributed by atoms with Crippen LogP contribution in [-0.4, -0.2) is 40.2 Å². The Morgan fingerprint density at radius 2 is 2.28 bits per heavy atom. The summed E-state index contributed by atoms with van der Waals surface area (Å²) in [7, 11) is 1.22. The molecule has 0 unspecified atom stereocenters. The van der Waals surface area contributed by atoms with E-state index in [9.17, 15) is 14.0 Å². The maximum Gasteiger partial charge on any atom is 0.376 e. The molecule has 1 N–H and O–H groups in total. The zero-order chi connectivity index (χ0) is 17.6. The predicted octanol–water partition coefficient (Wildman–Crippen LogP) is 2.29. The van der Waals surface area contributed by atoms with Gasteiger partial charge >= 0.3 is 12.0 Å². The van der Waals surface area contributed by atoms with Gasteiger partial charge in [-0.25, -0.2) is 14.6 Å². The van der Waals surface area contributed by atoms with Crippen molar-refractivity contribution in [1.29, 1.82) is 0 Å². The molecule has 2 aliphatic heterocycles. The molecule has 4 rings (SSSR count). The molecule has 0 aromatic carbocycles. The summed E-state index contributed by atoms with van der Waals surface area (Å²) in [4.78, 5) is 29.5. The Hall–Kier alpha value is -2.97. The van der Waals surface area contributed by atoms with Crippen LogP contribution in [0.5, 0.6) is 0 Å². The van der Waals surface area contributed by atoms with Gasteiger partial charge in [0.25, 0.3) is 0 Å². The number of hydrogen-bond donors (Lipinski definition) is 1. The third-order valence-corrected chi connectivity index (χ3v) is 4.71. The first-order valence-corrected chi connectivity index (χ1v) is 7.86. The maximum atomic E-state index is 13.9. The lowest BCUT2D eigenvalue weighted by Gasteiger charge is -2.35. The fourth-order valence-corrected chi connectivity index (χ4v) is 3.63. The number of hydrogen-bond acceptors (Lipinski definition) is 6. The van der Waals surface area contributed by atoms with E-state index >= 15 is 0 Å². The third-order valence-electron chi connectivity index (χ3n) is 4.71. The van der Waals surface area contributed by atoms with Crippen LogP contribution in [0.15, 0.2) is 22.9 Å². The van der Waals surface area contributed by atoms with Crippen LogP contribution >= 0.6 is 0 Å². The highest BCUT2D eigenvalue weighted by Crippen LogP contribution is 2.44. The van der Waals surface area contributed by atoms with Crippen LogP contribution in [0.25, 0.3) is 0 Å². The second-order valence-corrected chi connectivity index (χ2v) is 6.03. The van der Waals surface area contributed by atoms with Gasteiger partial charge in [-0.1, -0.05) is 5.16 Å². The summed E-state index contributed by atoms with van der Waals surface area (Å²) >= 11 is 0. The molecule has 4 heterocycles. The van der Waals surface area contributed by atoms with Gasteiger partial charge in [-0.15, -0.1) is 0 Å². The first kappa shape index (κ1) is 15.6. The Bertz CT molecular complexity index is 852. The van der Waals surface area contributed by atoms with Gasteiger partial charge in [0.1, 0.15) is 0 Å². The number of halogens is 1. The SMILES string of the molecule is COC(=O)c1cc(NC(=O)N2[C@H]3CC[C@@H]2c2ccnc(F)c2C3)no1. The first-order chi connectivity index (χ1) is 12.1. The summed E-state index contributed by atoms with van der Waals surface area (Å²) < 4.78 is 23.3. The quantitative estimate of drug-likeness (QED) is 0.662. The number of rotatable bonds is 2. The number of amides is 2. The van der Waals surface area contributed by atoms with Crippen LogP contribution in [0.3, 0.4) is 0 Å². The molecule has 9 heteroatoms. The van der Waals surface area contributed by atoms with E-state index < -0.39 is 11.9 Å². The molecule has 130 valence electrons. The summed E-state index contributed by atoms with van der Waals surface area (Å²) in [5, 5.41) is 6.27. The number of aromatic nitrogens is 2. The molecule has 0 aliphatic carbocycles. The Kier molecular flexibility index (Phi) is 3.63. The average molecular weight is 346 g/mol. The van der Waals surface area contributed by atoms with Crippen molar-refractivity contribution in [2.24, 2.45) is 0 Å². The molecule has 0 spiro atoms. The fourth-order valence-electron chi connectivity index (χ4n) is 3.63. The minimum Gasteiger partial charge on any atom is -0.463 e. The largest absolute Gasteiger partial charge is 0.463 e. The topological polar surface area (TPSA) is 97.6 Å². The predicted molar refractivity (Wildman–Crippen MR) is 82.4 cm³/mol. The van der Waals surface area contributed by atoms with Gasteiger partial charge < -0.3 is 14.2 Å². The highest BCUT2D eigenvalue weighted by Gasteiger charge is 2.43. The van der Waals surface area contributed by atoms with E-state index in [1.54, 1.807) is 11.0 Å². The highest BCUT2D eigenvalue weighted by molar-refractivity contribution is 5.92. The first-order valence-electron chi connectivity index (χ1n) is 7.86. The van der Waals surface area contributed by atoms with Crippen LogP contribution in [0.2, 0.25) is 0 Å². The minimum absolute atomic E-state index is 0.0943. The lowest BCUT2D eigenvalue weighted by atomic mass is 9.95. The second-order valence-electron chi connectivity index (χ2n) is 6.03. The molecule has 2 aromatic heterocycles. The zero-order valence-electron chi connectivity index (χ0n) is 13.4. The lowest BCUT2D eigenvalue weighted by molar-refractivity contribution is 0.0554. The van der Waals surface area contributed by atoms with Crippen molar-refractivity contribution >= 4 is 17.8 Å². The molecule has 0 radical (unpaired) electrons. The Morgan fingerprint density at radius 3 is 3.08 bits per heavy atom. The van der Waals surface area contributed by atoms with Gasteiger partial charge in [0, 0.05) is 23.9 Å². The smallest absolute Gasteiger partial charge is 0.376 e. The average Bonchev–Trinajstić information content (AvgIpc) is 3.19. The summed E-state index contributed by atoms with van der Waals surface area (Å²) in [6.45, 7) is 0. The minimum atomic E-state index is -0.678. The molecule has 2 aliphatic rings. The van der Waals surface area contributed by atoms with Crippen LogP contribution in [0, 0.1) is 5.95 Å². The van der Waals surface area contributed by atoms with E-state index in [4.69, 9.17) is 4.52 Å². The normalized spacial score (nSPS) is 21.0. The van der Waals surface area contributed by atoms with Gasteiger partial charge in [0.05, 0.1) is 13.2 Å². The van der Waals surface area contributed by atoms with Crippen molar-refractivity contribution in [3.05, 3.63) is 41.2 Å². The third kappa shape index (κ3) is 2.51. The van der Waals surface area contributed by atoms with Crippen LogP contribution in [-0.2, 0) is 11.2 Å². The molecule has 2 atom stereocenters. The maximum absolute atomic E-state index is 13.9. The molecule has 2 amide bonds. The number of pyridine rings is 1. The van der Waals surface area contributed by atoms with Crippen molar-refractivity contribution in [2.75, 3.05) is 12.4 Å². The van der Waals surface area contributed by atoms with Crippen molar-refractivity contribution in [3.63, 3.8) is 0 Å². The monoisotopic (exact) mass is 346 g/mol. The number of ether oxygens (including phenoxy) is 1. The second kappa shape index (κ2) is 5.83. The van der Waals surface area contributed by atoms with Gasteiger partial charge in [-0.05, 0) is 30.9 Å². The summed E-state index contributed by atoms with van der Waals surface area (Å²) in [6.07, 6.45) is 3.41. The fraction of sp³-hybridized carbons (Fsp3) is 0.375. The van der Waals surface area contributed by atoms with Crippen molar-refractivity contribution in [3.8, 4) is 0 Å². The number of fused-ring (bicyclic) bond motifs is 4. The highest BCUT2D eigenvalue weighted by atomic mass is 19.1. The molecule has 0 saturated carbocycles. The van der Waals surface area contributed by atoms with Crippen molar-refractivity contribution in [1.82, 2.24) is 15.0 Å². The van der Waals surface area contributed by atoms with Crippen LogP contribution in [0.4, 0.5) is 15.0 Å². The number of nitrogens with one attached hydrogen (secondary N) is 1. The van der Waals surface area contributed by atoms with Crippen molar-refractivity contribution in [2.45, 2.75) is 31.3 Å². The molecular formula is C16H15FN4O4. The lowest BCUT2D eigenvalue weighted by Crippen LogP contribution is -2.44. The zero-order valence-corrected chi connectivity index (χ0v) is 13.4. The molecular weight excluding hydrogens is 331 g/mol. The summed E-state index contributed by atoms with van der Waals surface area (Å²) in [5.41, 5.74) is 1.39. The van der Waals surface area contributed by atoms with E-state index in [1.165, 1.54) is 19.4 Å². The van der Waals surface area contributed by atoms with Gasteiger partial charge in [0.15, 0.2) is 5.82 Å². The number of carbonyl (C=O) groups is 2. The summed E-state index contributed by atoms with van der Waals surface area (Å²) in [6, 6.07) is 2.41. The Balaban J connectivity index is 1.55. The van der Waals surface area contributed by atoms with E-state index in [1.807, 2.05) is 0 Å². The molecule has 25 heavy (non-hydrogen) atoms. The van der Waals surface area contributed by atoms with E-state index in [-0.39, 0.29) is 29.7 Å². The van der Waals surface area contributed by atoms with Crippen LogP contribution in [0.1, 0.15) is 40.6 Å². The number of carbonyl (C=O) groups excluding carboxylic acids is 2. The molecule has 2 bridgehead atoms. The van der Waals surface area contributed by atoms with Gasteiger partial charge in [0.2, 0.25) is 11.7 Å². The number of methoxy groups -OCH3 is 1. The number of urea groups is 1. The molecule has 8 nitrogen and oxygen atoms in total.